The first-order valence-corrected chi connectivity index (χ1v) is 11.2. The lowest BCUT2D eigenvalue weighted by atomic mass is 9.83. The number of anilines is 1. The first-order chi connectivity index (χ1) is 15.4. The number of carbonyl (C=O) groups is 1. The van der Waals surface area contributed by atoms with Crippen LogP contribution in [0.5, 0.6) is 11.5 Å². The summed E-state index contributed by atoms with van der Waals surface area (Å²) in [6.07, 6.45) is 1.21. The Balaban J connectivity index is 1.51. The van der Waals surface area contributed by atoms with Crippen molar-refractivity contribution >= 4 is 11.6 Å². The standard InChI is InChI=1S/C28H31NO3/c1-28(2,3)23-11-9-21(10-12-23)22(17-20-7-5-4-6-8-20)18-27(30)29-24-13-14-25-26(19-24)32-16-15-31-25/h4-14,19,22H,15-18H2,1-3H3,(H,29,30). The second kappa shape index (κ2) is 9.47. The molecule has 4 nitrogen and oxygen atoms in total. The predicted octanol–water partition coefficient (Wildman–Crippen LogP) is 6.11. The summed E-state index contributed by atoms with van der Waals surface area (Å²) in [6.45, 7) is 7.71. The molecular weight excluding hydrogens is 398 g/mol. The highest BCUT2D eigenvalue weighted by Gasteiger charge is 2.20. The van der Waals surface area contributed by atoms with Crippen LogP contribution >= 0.6 is 0 Å². The maximum absolute atomic E-state index is 13.0. The van der Waals surface area contributed by atoms with E-state index in [4.69, 9.17) is 9.47 Å². The van der Waals surface area contributed by atoms with E-state index in [1.54, 1.807) is 0 Å². The van der Waals surface area contributed by atoms with Gasteiger partial charge in [-0.25, -0.2) is 0 Å². The molecule has 0 radical (unpaired) electrons. The van der Waals surface area contributed by atoms with E-state index in [0.717, 1.165) is 17.9 Å². The molecule has 1 atom stereocenters. The maximum atomic E-state index is 13.0. The Bertz CT molecular complexity index is 1050. The number of fused-ring (bicyclic) bond motifs is 1. The molecule has 32 heavy (non-hydrogen) atoms. The summed E-state index contributed by atoms with van der Waals surface area (Å²) >= 11 is 0. The summed E-state index contributed by atoms with van der Waals surface area (Å²) in [4.78, 5) is 13.0. The number of hydrogen-bond donors (Lipinski definition) is 1. The molecule has 3 aromatic carbocycles. The van der Waals surface area contributed by atoms with E-state index < -0.39 is 0 Å². The number of ether oxygens (including phenoxy) is 2. The van der Waals surface area contributed by atoms with Crippen molar-refractivity contribution in [3.8, 4) is 11.5 Å². The molecule has 0 fully saturated rings. The number of carbonyl (C=O) groups excluding carboxylic acids is 1. The van der Waals surface area contributed by atoms with E-state index in [-0.39, 0.29) is 17.2 Å². The average Bonchev–Trinajstić information content (AvgIpc) is 2.79. The molecule has 1 amide bonds. The van der Waals surface area contributed by atoms with E-state index in [9.17, 15) is 4.79 Å². The summed E-state index contributed by atoms with van der Waals surface area (Å²) in [5, 5.41) is 3.04. The zero-order valence-electron chi connectivity index (χ0n) is 19.1. The molecule has 0 saturated carbocycles. The summed E-state index contributed by atoms with van der Waals surface area (Å²) < 4.78 is 11.2. The van der Waals surface area contributed by atoms with Gasteiger partial charge in [0.15, 0.2) is 11.5 Å². The Hall–Kier alpha value is -3.27. The van der Waals surface area contributed by atoms with Gasteiger partial charge in [-0.05, 0) is 46.6 Å². The molecule has 4 heteroatoms. The van der Waals surface area contributed by atoms with E-state index in [2.05, 4.69) is 62.5 Å². The van der Waals surface area contributed by atoms with Crippen LogP contribution in [0.1, 0.15) is 49.8 Å². The molecule has 1 aliphatic heterocycles. The third kappa shape index (κ3) is 5.50. The number of amides is 1. The van der Waals surface area contributed by atoms with Gasteiger partial charge in [-0.3, -0.25) is 4.79 Å². The number of benzene rings is 3. The van der Waals surface area contributed by atoms with Crippen LogP contribution in [0.15, 0.2) is 72.8 Å². The number of rotatable bonds is 6. The van der Waals surface area contributed by atoms with Gasteiger partial charge in [-0.15, -0.1) is 0 Å². The van der Waals surface area contributed by atoms with E-state index in [1.165, 1.54) is 16.7 Å². The second-order valence-electron chi connectivity index (χ2n) is 9.37. The first kappa shape index (κ1) is 21.9. The van der Waals surface area contributed by atoms with Crippen molar-refractivity contribution in [1.29, 1.82) is 0 Å². The van der Waals surface area contributed by atoms with Gasteiger partial charge in [0.1, 0.15) is 13.2 Å². The first-order valence-electron chi connectivity index (χ1n) is 11.2. The van der Waals surface area contributed by atoms with Gasteiger partial charge >= 0.3 is 0 Å². The third-order valence-corrected chi connectivity index (χ3v) is 5.83. The van der Waals surface area contributed by atoms with Crippen molar-refractivity contribution in [2.24, 2.45) is 0 Å². The molecule has 0 aromatic heterocycles. The third-order valence-electron chi connectivity index (χ3n) is 5.83. The van der Waals surface area contributed by atoms with Crippen molar-refractivity contribution in [2.75, 3.05) is 18.5 Å². The lowest BCUT2D eigenvalue weighted by Crippen LogP contribution is -2.18. The van der Waals surface area contributed by atoms with Gasteiger partial charge in [0, 0.05) is 18.2 Å². The van der Waals surface area contributed by atoms with Crippen LogP contribution in [0, 0.1) is 0 Å². The monoisotopic (exact) mass is 429 g/mol. The number of hydrogen-bond acceptors (Lipinski definition) is 3. The van der Waals surface area contributed by atoms with E-state index in [1.807, 2.05) is 36.4 Å². The molecule has 0 bridgehead atoms. The van der Waals surface area contributed by atoms with Crippen LogP contribution in [-0.4, -0.2) is 19.1 Å². The minimum atomic E-state index is -0.0116. The van der Waals surface area contributed by atoms with Crippen molar-refractivity contribution in [3.05, 3.63) is 89.5 Å². The predicted molar refractivity (Wildman–Crippen MR) is 129 cm³/mol. The van der Waals surface area contributed by atoms with Crippen LogP contribution in [0.3, 0.4) is 0 Å². The topological polar surface area (TPSA) is 47.6 Å². The van der Waals surface area contributed by atoms with Gasteiger partial charge in [-0.1, -0.05) is 75.4 Å². The Morgan fingerprint density at radius 2 is 1.59 bits per heavy atom. The lowest BCUT2D eigenvalue weighted by molar-refractivity contribution is -0.116. The molecule has 1 aliphatic rings. The van der Waals surface area contributed by atoms with Crippen LogP contribution in [-0.2, 0) is 16.6 Å². The fourth-order valence-electron chi connectivity index (χ4n) is 4.02. The maximum Gasteiger partial charge on any atom is 0.224 e. The minimum absolute atomic E-state index is 0.0116. The van der Waals surface area contributed by atoms with Gasteiger partial charge in [0.2, 0.25) is 5.91 Å². The van der Waals surface area contributed by atoms with Crippen molar-refractivity contribution in [1.82, 2.24) is 0 Å². The molecule has 0 spiro atoms. The fourth-order valence-corrected chi connectivity index (χ4v) is 4.02. The summed E-state index contributed by atoms with van der Waals surface area (Å²) in [5.41, 5.74) is 4.52. The highest BCUT2D eigenvalue weighted by molar-refractivity contribution is 5.91. The van der Waals surface area contributed by atoms with Gasteiger partial charge in [-0.2, -0.15) is 0 Å². The Morgan fingerprint density at radius 3 is 2.28 bits per heavy atom. The van der Waals surface area contributed by atoms with Crippen LogP contribution in [0.25, 0.3) is 0 Å². The fraction of sp³-hybridized carbons (Fsp3) is 0.321. The van der Waals surface area contributed by atoms with Crippen LogP contribution in [0.2, 0.25) is 0 Å². The summed E-state index contributed by atoms with van der Waals surface area (Å²) in [7, 11) is 0. The molecule has 1 heterocycles. The Morgan fingerprint density at radius 1 is 0.906 bits per heavy atom. The quantitative estimate of drug-likeness (QED) is 0.514. The average molecular weight is 430 g/mol. The highest BCUT2D eigenvalue weighted by atomic mass is 16.6. The van der Waals surface area contributed by atoms with Crippen molar-refractivity contribution in [3.63, 3.8) is 0 Å². The lowest BCUT2D eigenvalue weighted by Gasteiger charge is -2.22. The zero-order chi connectivity index (χ0) is 22.6. The molecule has 1 unspecified atom stereocenters. The number of nitrogens with one attached hydrogen (secondary N) is 1. The smallest absolute Gasteiger partial charge is 0.224 e. The van der Waals surface area contributed by atoms with Crippen LogP contribution in [0.4, 0.5) is 5.69 Å². The molecule has 4 rings (SSSR count). The molecule has 1 N–H and O–H groups in total. The minimum Gasteiger partial charge on any atom is -0.486 e. The van der Waals surface area contributed by atoms with Gasteiger partial charge in [0.05, 0.1) is 0 Å². The largest absolute Gasteiger partial charge is 0.486 e. The molecular formula is C28H31NO3. The Labute approximate surface area is 190 Å². The zero-order valence-corrected chi connectivity index (χ0v) is 19.1. The normalized spacial score (nSPS) is 14.0. The molecule has 0 saturated heterocycles. The van der Waals surface area contributed by atoms with Gasteiger partial charge < -0.3 is 14.8 Å². The van der Waals surface area contributed by atoms with E-state index >= 15 is 0 Å². The van der Waals surface area contributed by atoms with Gasteiger partial charge in [0.25, 0.3) is 0 Å². The molecule has 166 valence electrons. The van der Waals surface area contributed by atoms with Crippen LogP contribution < -0.4 is 14.8 Å². The van der Waals surface area contributed by atoms with Crippen molar-refractivity contribution in [2.45, 2.75) is 44.9 Å². The molecule has 0 aliphatic carbocycles. The summed E-state index contributed by atoms with van der Waals surface area (Å²) in [6, 6.07) is 24.6. The van der Waals surface area contributed by atoms with Crippen molar-refractivity contribution < 1.29 is 14.3 Å². The molecule has 3 aromatic rings. The summed E-state index contributed by atoms with van der Waals surface area (Å²) in [5.74, 6) is 1.47. The second-order valence-corrected chi connectivity index (χ2v) is 9.37. The SMILES string of the molecule is CC(C)(C)c1ccc(C(CC(=O)Nc2ccc3c(c2)OCCO3)Cc2ccccc2)cc1. The van der Waals surface area contributed by atoms with E-state index in [0.29, 0.717) is 25.4 Å². The highest BCUT2D eigenvalue weighted by Crippen LogP contribution is 2.33. The Kier molecular flexibility index (Phi) is 6.50.